The van der Waals surface area contributed by atoms with Gasteiger partial charge in [-0.05, 0) is 54.1 Å². The number of nitrogens with one attached hydrogen (secondary N) is 1. The number of pyridine rings is 1. The zero-order valence-corrected chi connectivity index (χ0v) is 17.2. The third-order valence-corrected chi connectivity index (χ3v) is 6.72. The van der Waals surface area contributed by atoms with Gasteiger partial charge in [-0.3, -0.25) is 9.78 Å². The van der Waals surface area contributed by atoms with Crippen LogP contribution in [0.3, 0.4) is 0 Å². The molecule has 3 rings (SSSR count). The number of halogens is 1. The van der Waals surface area contributed by atoms with Crippen LogP contribution in [-0.2, 0) is 9.84 Å². The number of amides is 1. The number of carbonyl (C=O) groups excluding carboxylic acids is 1. The van der Waals surface area contributed by atoms with Crippen LogP contribution < -0.4 is 10.1 Å². The number of aromatic nitrogens is 1. The molecule has 1 atom stereocenters. The summed E-state index contributed by atoms with van der Waals surface area (Å²) in [5.41, 5.74) is 0.853. The standard InChI is InChI=1S/C21H19ClN2O4S/c1-28-18-6-2-4-15(12-18)21(25)24-14-20(16-5-3-11-23-13-16)29(26,27)19-9-7-17(22)8-10-19/h2-13,20H,14H2,1H3,(H,24,25)/t20-/m1/s1. The molecule has 2 aromatic carbocycles. The van der Waals surface area contributed by atoms with Crippen molar-refractivity contribution < 1.29 is 17.9 Å². The fourth-order valence-corrected chi connectivity index (χ4v) is 4.58. The van der Waals surface area contributed by atoms with Crippen LogP contribution in [0.4, 0.5) is 0 Å². The first-order chi connectivity index (χ1) is 13.9. The molecule has 0 bridgehead atoms. The predicted octanol–water partition coefficient (Wildman–Crippen LogP) is 3.69. The SMILES string of the molecule is COc1cccc(C(=O)NC[C@H](c2cccnc2)S(=O)(=O)c2ccc(Cl)cc2)c1. The fraction of sp³-hybridized carbons (Fsp3) is 0.143. The van der Waals surface area contributed by atoms with Crippen molar-refractivity contribution in [1.82, 2.24) is 10.3 Å². The third kappa shape index (κ3) is 4.93. The molecule has 0 fully saturated rings. The molecule has 150 valence electrons. The summed E-state index contributed by atoms with van der Waals surface area (Å²) < 4.78 is 31.6. The second kappa shape index (κ2) is 9.07. The van der Waals surface area contributed by atoms with Gasteiger partial charge in [-0.25, -0.2) is 8.42 Å². The van der Waals surface area contributed by atoms with E-state index in [4.69, 9.17) is 16.3 Å². The quantitative estimate of drug-likeness (QED) is 0.617. The molecule has 0 aliphatic heterocycles. The monoisotopic (exact) mass is 430 g/mol. The number of hydrogen-bond donors (Lipinski definition) is 1. The summed E-state index contributed by atoms with van der Waals surface area (Å²) in [6, 6.07) is 15.9. The lowest BCUT2D eigenvalue weighted by atomic mass is 10.2. The molecule has 29 heavy (non-hydrogen) atoms. The van der Waals surface area contributed by atoms with E-state index in [9.17, 15) is 13.2 Å². The minimum absolute atomic E-state index is 0.117. The molecule has 0 aliphatic carbocycles. The van der Waals surface area contributed by atoms with Crippen molar-refractivity contribution in [3.05, 3.63) is 89.2 Å². The Morgan fingerprint density at radius 1 is 1.14 bits per heavy atom. The Morgan fingerprint density at radius 2 is 1.90 bits per heavy atom. The van der Waals surface area contributed by atoms with Crippen molar-refractivity contribution in [1.29, 1.82) is 0 Å². The van der Waals surface area contributed by atoms with Gasteiger partial charge in [-0.15, -0.1) is 0 Å². The number of sulfone groups is 1. The summed E-state index contributed by atoms with van der Waals surface area (Å²) in [6.07, 6.45) is 3.04. The van der Waals surface area contributed by atoms with Crippen molar-refractivity contribution in [3.63, 3.8) is 0 Å². The van der Waals surface area contributed by atoms with Crippen LogP contribution in [0.25, 0.3) is 0 Å². The largest absolute Gasteiger partial charge is 0.497 e. The van der Waals surface area contributed by atoms with Gasteiger partial charge in [-0.2, -0.15) is 0 Å². The van der Waals surface area contributed by atoms with Crippen LogP contribution in [0, 0.1) is 0 Å². The second-order valence-corrected chi connectivity index (χ2v) is 8.78. The average Bonchev–Trinajstić information content (AvgIpc) is 2.74. The van der Waals surface area contributed by atoms with E-state index in [-0.39, 0.29) is 11.4 Å². The number of ether oxygens (including phenoxy) is 1. The Balaban J connectivity index is 1.88. The zero-order valence-electron chi connectivity index (χ0n) is 15.6. The maximum atomic E-state index is 13.3. The number of nitrogens with zero attached hydrogens (tertiary/aromatic N) is 1. The third-order valence-electron chi connectivity index (χ3n) is 4.35. The van der Waals surface area contributed by atoms with Crippen LogP contribution in [0.1, 0.15) is 21.2 Å². The van der Waals surface area contributed by atoms with Gasteiger partial charge in [0.2, 0.25) is 0 Å². The van der Waals surface area contributed by atoms with Gasteiger partial charge in [0, 0.05) is 29.5 Å². The van der Waals surface area contributed by atoms with E-state index in [0.29, 0.717) is 21.9 Å². The van der Waals surface area contributed by atoms with Gasteiger partial charge >= 0.3 is 0 Å². The molecule has 0 saturated heterocycles. The normalized spacial score (nSPS) is 12.2. The highest BCUT2D eigenvalue weighted by molar-refractivity contribution is 7.91. The molecule has 3 aromatic rings. The summed E-state index contributed by atoms with van der Waals surface area (Å²) in [5, 5.41) is 2.14. The number of hydrogen-bond acceptors (Lipinski definition) is 5. The first-order valence-corrected chi connectivity index (χ1v) is 10.7. The predicted molar refractivity (Wildman–Crippen MR) is 111 cm³/mol. The Morgan fingerprint density at radius 3 is 2.55 bits per heavy atom. The Kier molecular flexibility index (Phi) is 6.51. The van der Waals surface area contributed by atoms with Crippen molar-refractivity contribution in [2.45, 2.75) is 10.1 Å². The molecule has 1 amide bonds. The Bertz CT molecular complexity index is 1090. The lowest BCUT2D eigenvalue weighted by Gasteiger charge is -2.19. The molecule has 1 aromatic heterocycles. The zero-order chi connectivity index (χ0) is 20.9. The summed E-state index contributed by atoms with van der Waals surface area (Å²) in [5.74, 6) is 0.138. The topological polar surface area (TPSA) is 85.4 Å². The molecule has 8 heteroatoms. The molecule has 0 radical (unpaired) electrons. The van der Waals surface area contributed by atoms with E-state index in [0.717, 1.165) is 0 Å². The Hall–Kier alpha value is -2.90. The maximum Gasteiger partial charge on any atom is 0.251 e. The van der Waals surface area contributed by atoms with Crippen molar-refractivity contribution >= 4 is 27.3 Å². The summed E-state index contributed by atoms with van der Waals surface area (Å²) in [4.78, 5) is 16.7. The maximum absolute atomic E-state index is 13.3. The molecule has 0 aliphatic rings. The number of rotatable bonds is 7. The highest BCUT2D eigenvalue weighted by Gasteiger charge is 2.30. The van der Waals surface area contributed by atoms with Gasteiger partial charge in [0.15, 0.2) is 9.84 Å². The molecule has 6 nitrogen and oxygen atoms in total. The first-order valence-electron chi connectivity index (χ1n) is 8.73. The second-order valence-electron chi connectivity index (χ2n) is 6.22. The molecule has 0 unspecified atom stereocenters. The average molecular weight is 431 g/mol. The molecule has 0 spiro atoms. The van der Waals surface area contributed by atoms with Gasteiger partial charge in [0.25, 0.3) is 5.91 Å². The van der Waals surface area contributed by atoms with Gasteiger partial charge in [-0.1, -0.05) is 23.7 Å². The highest BCUT2D eigenvalue weighted by Crippen LogP contribution is 2.29. The number of benzene rings is 2. The van der Waals surface area contributed by atoms with Crippen molar-refractivity contribution in [2.24, 2.45) is 0 Å². The number of carbonyl (C=O) groups is 1. The van der Waals surface area contributed by atoms with E-state index in [1.165, 1.54) is 37.6 Å². The lowest BCUT2D eigenvalue weighted by molar-refractivity contribution is 0.0953. The smallest absolute Gasteiger partial charge is 0.251 e. The van der Waals surface area contributed by atoms with E-state index in [1.54, 1.807) is 42.6 Å². The molecule has 1 heterocycles. The molecular formula is C21H19ClN2O4S. The van der Waals surface area contributed by atoms with Crippen LogP contribution in [0.5, 0.6) is 5.75 Å². The van der Waals surface area contributed by atoms with E-state index < -0.39 is 21.0 Å². The minimum Gasteiger partial charge on any atom is -0.497 e. The first kappa shape index (κ1) is 20.8. The van der Waals surface area contributed by atoms with Crippen molar-refractivity contribution in [2.75, 3.05) is 13.7 Å². The fourth-order valence-electron chi connectivity index (χ4n) is 2.81. The van der Waals surface area contributed by atoms with Gasteiger partial charge in [0.05, 0.1) is 12.0 Å². The summed E-state index contributed by atoms with van der Waals surface area (Å²) in [7, 11) is -2.29. The highest BCUT2D eigenvalue weighted by atomic mass is 35.5. The van der Waals surface area contributed by atoms with Crippen LogP contribution >= 0.6 is 11.6 Å². The molecule has 0 saturated carbocycles. The summed E-state index contributed by atoms with van der Waals surface area (Å²) in [6.45, 7) is -0.118. The minimum atomic E-state index is -3.80. The van der Waals surface area contributed by atoms with Gasteiger partial charge in [0.1, 0.15) is 11.0 Å². The van der Waals surface area contributed by atoms with E-state index >= 15 is 0 Å². The van der Waals surface area contributed by atoms with Crippen LogP contribution in [0.2, 0.25) is 5.02 Å². The molecule has 1 N–H and O–H groups in total. The summed E-state index contributed by atoms with van der Waals surface area (Å²) >= 11 is 5.88. The molecular weight excluding hydrogens is 412 g/mol. The Labute approximate surface area is 174 Å². The van der Waals surface area contributed by atoms with E-state index in [1.807, 2.05) is 0 Å². The van der Waals surface area contributed by atoms with Crippen molar-refractivity contribution in [3.8, 4) is 5.75 Å². The van der Waals surface area contributed by atoms with Gasteiger partial charge < -0.3 is 10.1 Å². The van der Waals surface area contributed by atoms with Crippen LogP contribution in [0.15, 0.2) is 78.0 Å². The van der Waals surface area contributed by atoms with E-state index in [2.05, 4.69) is 10.3 Å². The van der Waals surface area contributed by atoms with Crippen LogP contribution in [-0.4, -0.2) is 33.0 Å². The number of methoxy groups -OCH3 is 1. The lowest BCUT2D eigenvalue weighted by Crippen LogP contribution is -2.32.